The maximum absolute atomic E-state index is 12.2. The average Bonchev–Trinajstić information content (AvgIpc) is 3.27. The molecule has 2 heterocycles. The third-order valence-electron chi connectivity index (χ3n) is 3.62. The van der Waals surface area contributed by atoms with Gasteiger partial charge in [0, 0.05) is 10.9 Å². The molecule has 3 rings (SSSR count). The topological polar surface area (TPSA) is 133 Å². The van der Waals surface area contributed by atoms with Gasteiger partial charge in [0.25, 0.3) is 0 Å². The van der Waals surface area contributed by atoms with Gasteiger partial charge in [-0.25, -0.2) is 27.1 Å². The van der Waals surface area contributed by atoms with E-state index in [2.05, 4.69) is 29.4 Å². The number of nitrogens with one attached hydrogen (secondary N) is 1. The Balaban J connectivity index is 1.94. The van der Waals surface area contributed by atoms with Gasteiger partial charge in [0.2, 0.25) is 15.8 Å². The molecular formula is C14H14Cl2N5O5PS. The maximum atomic E-state index is 12.2. The van der Waals surface area contributed by atoms with Crippen LogP contribution in [-0.2, 0) is 16.6 Å². The summed E-state index contributed by atoms with van der Waals surface area (Å²) >= 11 is 11.6. The minimum absolute atomic E-state index is 0.00576. The predicted octanol–water partition coefficient (Wildman–Crippen LogP) is 1.08. The van der Waals surface area contributed by atoms with Crippen molar-refractivity contribution in [2.24, 2.45) is 0 Å². The Labute approximate surface area is 171 Å². The van der Waals surface area contributed by atoms with E-state index in [9.17, 15) is 13.2 Å². The molecule has 0 amide bonds. The number of nitrogens with zero attached hydrogens (tertiary/aromatic N) is 4. The molecule has 0 saturated heterocycles. The molecule has 0 spiro atoms. The number of alkyl halides is 1. The smallest absolute Gasteiger partial charge is 0.295 e. The van der Waals surface area contributed by atoms with Gasteiger partial charge in [0.15, 0.2) is 5.69 Å². The molecule has 1 atom stereocenters. The van der Waals surface area contributed by atoms with Crippen LogP contribution < -0.4 is 15.8 Å². The molecular weight excluding hydrogens is 452 g/mol. The van der Waals surface area contributed by atoms with Crippen LogP contribution in [0.5, 0.6) is 0 Å². The molecule has 150 valence electrons. The van der Waals surface area contributed by atoms with Crippen molar-refractivity contribution in [1.82, 2.24) is 24.8 Å². The second-order valence-electron chi connectivity index (χ2n) is 5.56. The van der Waals surface area contributed by atoms with Gasteiger partial charge in [-0.3, -0.25) is 4.52 Å². The summed E-state index contributed by atoms with van der Waals surface area (Å²) in [7, 11) is -1.10. The molecule has 0 saturated carbocycles. The van der Waals surface area contributed by atoms with E-state index >= 15 is 0 Å². The Morgan fingerprint density at radius 2 is 2.04 bits per heavy atom. The first kappa shape index (κ1) is 20.9. The van der Waals surface area contributed by atoms with Crippen LogP contribution in [0.25, 0.3) is 17.2 Å². The van der Waals surface area contributed by atoms with Gasteiger partial charge in [-0.2, -0.15) is 0 Å². The summed E-state index contributed by atoms with van der Waals surface area (Å²) in [4.78, 5) is 12.2. The van der Waals surface area contributed by atoms with E-state index in [1.807, 2.05) is 0 Å². The Morgan fingerprint density at radius 1 is 1.25 bits per heavy atom. The molecule has 0 aliphatic carbocycles. The number of sulfonamides is 1. The zero-order valence-electron chi connectivity index (χ0n) is 14.1. The fourth-order valence-corrected chi connectivity index (χ4v) is 3.94. The van der Waals surface area contributed by atoms with Gasteiger partial charge in [-0.1, -0.05) is 28.0 Å². The summed E-state index contributed by atoms with van der Waals surface area (Å²) in [6.45, 7) is -0.213. The van der Waals surface area contributed by atoms with E-state index in [0.29, 0.717) is 17.1 Å². The second-order valence-corrected chi connectivity index (χ2v) is 8.89. The van der Waals surface area contributed by atoms with E-state index in [1.165, 1.54) is 0 Å². The Hall–Kier alpha value is -1.78. The van der Waals surface area contributed by atoms with Crippen molar-refractivity contribution in [2.45, 2.75) is 13.0 Å². The minimum Gasteiger partial charge on any atom is -0.295 e. The number of aromatic nitrogens is 4. The van der Waals surface area contributed by atoms with Crippen molar-refractivity contribution in [3.05, 3.63) is 39.5 Å². The Kier molecular flexibility index (Phi) is 6.51. The number of hydrogen-bond acceptors (Lipinski definition) is 8. The molecule has 3 aromatic rings. The number of hydrogen-bond donors (Lipinski definition) is 1. The molecule has 2 aromatic heterocycles. The van der Waals surface area contributed by atoms with Gasteiger partial charge >= 0.3 is 5.76 Å². The molecule has 10 nitrogen and oxygen atoms in total. The van der Waals surface area contributed by atoms with Crippen molar-refractivity contribution in [3.8, 4) is 17.2 Å². The van der Waals surface area contributed by atoms with Crippen molar-refractivity contribution in [3.63, 3.8) is 0 Å². The lowest BCUT2D eigenvalue weighted by Crippen LogP contribution is -2.26. The second kappa shape index (κ2) is 8.71. The average molecular weight is 466 g/mol. The van der Waals surface area contributed by atoms with Crippen LogP contribution in [0.3, 0.4) is 0 Å². The Morgan fingerprint density at radius 3 is 2.75 bits per heavy atom. The van der Waals surface area contributed by atoms with E-state index < -0.39 is 15.8 Å². The van der Waals surface area contributed by atoms with Crippen LogP contribution in [0.2, 0.25) is 5.02 Å². The zero-order valence-corrected chi connectivity index (χ0v) is 17.6. The van der Waals surface area contributed by atoms with Gasteiger partial charge in [0.1, 0.15) is 5.69 Å². The summed E-state index contributed by atoms with van der Waals surface area (Å²) in [5.41, 5.74) is 0.566. The van der Waals surface area contributed by atoms with Crippen LogP contribution in [0.1, 0.15) is 12.1 Å². The Bertz CT molecular complexity index is 1140. The SMILES string of the molecule is O=c1onc(-c2nonc2CNS(=O)(=O)CCCCl)n1-c1ccc(P)c(Cl)c1. The van der Waals surface area contributed by atoms with E-state index in [0.717, 1.165) is 9.87 Å². The lowest BCUT2D eigenvalue weighted by Gasteiger charge is -2.06. The fraction of sp³-hybridized carbons (Fsp3) is 0.286. The van der Waals surface area contributed by atoms with E-state index in [1.54, 1.807) is 18.2 Å². The van der Waals surface area contributed by atoms with Crippen molar-refractivity contribution in [2.75, 3.05) is 11.6 Å². The van der Waals surface area contributed by atoms with Crippen molar-refractivity contribution >= 4 is 47.8 Å². The van der Waals surface area contributed by atoms with Crippen LogP contribution >= 0.6 is 32.4 Å². The minimum atomic E-state index is -3.56. The number of benzene rings is 1. The monoisotopic (exact) mass is 465 g/mol. The summed E-state index contributed by atoms with van der Waals surface area (Å²) < 4.78 is 36.8. The predicted molar refractivity (Wildman–Crippen MR) is 106 cm³/mol. The molecule has 0 radical (unpaired) electrons. The third-order valence-corrected chi connectivity index (χ3v) is 6.31. The maximum Gasteiger partial charge on any atom is 0.446 e. The highest BCUT2D eigenvalue weighted by Crippen LogP contribution is 2.22. The number of rotatable bonds is 8. The molecule has 28 heavy (non-hydrogen) atoms. The first-order valence-corrected chi connectivity index (χ1v) is 11.0. The summed E-state index contributed by atoms with van der Waals surface area (Å²) in [6.07, 6.45) is 0.302. The lowest BCUT2D eigenvalue weighted by atomic mass is 10.2. The first-order chi connectivity index (χ1) is 13.3. The van der Waals surface area contributed by atoms with E-state index in [4.69, 9.17) is 32.4 Å². The van der Waals surface area contributed by atoms with Crippen LogP contribution in [-0.4, -0.2) is 40.1 Å². The molecule has 0 aliphatic rings. The van der Waals surface area contributed by atoms with Crippen LogP contribution in [0, 0.1) is 0 Å². The third kappa shape index (κ3) is 4.61. The molecule has 1 aromatic carbocycles. The highest BCUT2D eigenvalue weighted by atomic mass is 35.5. The highest BCUT2D eigenvalue weighted by molar-refractivity contribution is 7.89. The normalized spacial score (nSPS) is 11.8. The first-order valence-electron chi connectivity index (χ1n) is 7.81. The zero-order chi connectivity index (χ0) is 20.3. The standard InChI is InChI=1S/C14H14Cl2N5O5PS/c15-4-1-5-28(23,24)17-7-10-12(19-26-18-10)13-20-25-14(22)21(13)8-2-3-11(27)9(16)6-8/h2-3,6,17H,1,4-5,7,27H2. The van der Waals surface area contributed by atoms with Gasteiger partial charge in [0.05, 0.1) is 18.0 Å². The lowest BCUT2D eigenvalue weighted by molar-refractivity contribution is 0.303. The summed E-state index contributed by atoms with van der Waals surface area (Å²) in [5, 5.41) is 12.3. The summed E-state index contributed by atoms with van der Waals surface area (Å²) in [6, 6.07) is 4.88. The fourth-order valence-electron chi connectivity index (χ4n) is 2.27. The van der Waals surface area contributed by atoms with Gasteiger partial charge < -0.3 is 0 Å². The quantitative estimate of drug-likeness (QED) is 0.385. The molecule has 0 aliphatic heterocycles. The van der Waals surface area contributed by atoms with Crippen LogP contribution in [0.15, 0.2) is 32.1 Å². The van der Waals surface area contributed by atoms with Crippen molar-refractivity contribution in [1.29, 1.82) is 0 Å². The van der Waals surface area contributed by atoms with Gasteiger partial charge in [-0.15, -0.1) is 20.8 Å². The van der Waals surface area contributed by atoms with Crippen molar-refractivity contribution < 1.29 is 17.6 Å². The molecule has 0 fully saturated rings. The number of halogens is 2. The molecule has 1 N–H and O–H groups in total. The summed E-state index contributed by atoms with van der Waals surface area (Å²) in [5.74, 6) is -0.695. The van der Waals surface area contributed by atoms with Crippen LogP contribution in [0.4, 0.5) is 0 Å². The highest BCUT2D eigenvalue weighted by Gasteiger charge is 2.23. The van der Waals surface area contributed by atoms with Gasteiger partial charge in [-0.05, 0) is 29.0 Å². The van der Waals surface area contributed by atoms with E-state index in [-0.39, 0.29) is 35.4 Å². The molecule has 0 bridgehead atoms. The molecule has 1 unspecified atom stereocenters. The molecule has 14 heteroatoms. The largest absolute Gasteiger partial charge is 0.446 e.